The van der Waals surface area contributed by atoms with Gasteiger partial charge in [-0.3, -0.25) is 0 Å². The van der Waals surface area contributed by atoms with E-state index in [-0.39, 0.29) is 0 Å². The molecule has 0 aliphatic heterocycles. The number of rotatable bonds is 4. The number of anilines is 2. The van der Waals surface area contributed by atoms with E-state index >= 15 is 0 Å². The van der Waals surface area contributed by atoms with Crippen LogP contribution in [0.25, 0.3) is 0 Å². The molecule has 0 aromatic carbocycles. The first-order chi connectivity index (χ1) is 6.94. The number of nitrogen functional groups attached to an aromatic ring is 1. The Morgan fingerprint density at radius 3 is 2.67 bits per heavy atom. The molecule has 1 heterocycles. The molecule has 0 spiro atoms. The zero-order valence-electron chi connectivity index (χ0n) is 9.76. The van der Waals surface area contributed by atoms with Gasteiger partial charge in [0.25, 0.3) is 0 Å². The second-order valence-corrected chi connectivity index (χ2v) is 6.26. The summed E-state index contributed by atoms with van der Waals surface area (Å²) in [5.74, 6) is 0.644. The minimum absolute atomic E-state index is 0.364. The largest absolute Gasteiger partial charge is 0.382 e. The van der Waals surface area contributed by atoms with Gasteiger partial charge in [0.05, 0.1) is 4.90 Å². The number of nitrogens with two attached hydrogens (primary N) is 1. The van der Waals surface area contributed by atoms with Gasteiger partial charge in [-0.15, -0.1) is 11.8 Å². The Labute approximate surface area is 100.0 Å². The highest BCUT2D eigenvalue weighted by molar-refractivity contribution is 7.99. The maximum absolute atomic E-state index is 5.75. The first-order valence-corrected chi connectivity index (χ1v) is 6.97. The minimum atomic E-state index is 0.364. The minimum Gasteiger partial charge on any atom is -0.382 e. The number of thioether (sulfide) groups is 1. The van der Waals surface area contributed by atoms with Gasteiger partial charge in [0.1, 0.15) is 5.00 Å². The fourth-order valence-corrected chi connectivity index (χ4v) is 2.72. The molecule has 3 nitrogen and oxygen atoms in total. The van der Waals surface area contributed by atoms with Crippen LogP contribution in [-0.4, -0.2) is 17.2 Å². The van der Waals surface area contributed by atoms with Gasteiger partial charge in [-0.2, -0.15) is 4.37 Å². The molecule has 3 N–H and O–H groups in total. The lowest BCUT2D eigenvalue weighted by Gasteiger charge is -2.18. The van der Waals surface area contributed by atoms with Crippen LogP contribution >= 0.6 is 23.3 Å². The molecule has 86 valence electrons. The van der Waals surface area contributed by atoms with E-state index < -0.39 is 0 Å². The van der Waals surface area contributed by atoms with Gasteiger partial charge < -0.3 is 11.1 Å². The van der Waals surface area contributed by atoms with Crippen LogP contribution < -0.4 is 11.1 Å². The van der Waals surface area contributed by atoms with E-state index in [2.05, 4.69) is 30.5 Å². The number of nitrogens with one attached hydrogen (secondary N) is 1. The fourth-order valence-electron chi connectivity index (χ4n) is 1.15. The van der Waals surface area contributed by atoms with Gasteiger partial charge in [0.15, 0.2) is 5.82 Å². The van der Waals surface area contributed by atoms with Crippen molar-refractivity contribution < 1.29 is 0 Å². The molecule has 0 aliphatic rings. The van der Waals surface area contributed by atoms with Gasteiger partial charge in [0, 0.05) is 6.54 Å². The van der Waals surface area contributed by atoms with E-state index in [1.165, 1.54) is 11.5 Å². The van der Waals surface area contributed by atoms with Gasteiger partial charge >= 0.3 is 0 Å². The Hall–Kier alpha value is -0.420. The Balaban J connectivity index is 2.51. The zero-order valence-corrected chi connectivity index (χ0v) is 11.4. The van der Waals surface area contributed by atoms with Crippen molar-refractivity contribution in [3.63, 3.8) is 0 Å². The predicted octanol–water partition coefficient (Wildman–Crippen LogP) is 3.30. The highest BCUT2D eigenvalue weighted by atomic mass is 32.2. The quantitative estimate of drug-likeness (QED) is 0.799. The molecule has 1 rings (SSSR count). The summed E-state index contributed by atoms with van der Waals surface area (Å²) in [6.45, 7) is 7.69. The molecule has 0 bridgehead atoms. The van der Waals surface area contributed by atoms with Crippen LogP contribution in [0.4, 0.5) is 10.8 Å². The Morgan fingerprint density at radius 2 is 2.13 bits per heavy atom. The molecule has 1 aromatic rings. The Morgan fingerprint density at radius 1 is 1.47 bits per heavy atom. The molecule has 0 atom stereocenters. The van der Waals surface area contributed by atoms with Crippen LogP contribution in [0.2, 0.25) is 0 Å². The van der Waals surface area contributed by atoms with Gasteiger partial charge in [-0.1, -0.05) is 20.8 Å². The van der Waals surface area contributed by atoms with E-state index in [0.29, 0.717) is 11.2 Å². The van der Waals surface area contributed by atoms with Crippen LogP contribution in [0.1, 0.15) is 27.2 Å². The van der Waals surface area contributed by atoms with Crippen molar-refractivity contribution in [2.45, 2.75) is 32.1 Å². The molecule has 0 saturated heterocycles. The molecule has 0 radical (unpaired) electrons. The lowest BCUT2D eigenvalue weighted by molar-refractivity contribution is 0.390. The lowest BCUT2D eigenvalue weighted by atomic mass is 9.92. The Kier molecular flexibility index (Phi) is 4.28. The summed E-state index contributed by atoms with van der Waals surface area (Å²) < 4.78 is 4.14. The van der Waals surface area contributed by atoms with Gasteiger partial charge in [-0.25, -0.2) is 0 Å². The maximum Gasteiger partial charge on any atom is 0.153 e. The van der Waals surface area contributed by atoms with Crippen molar-refractivity contribution in [3.8, 4) is 0 Å². The molecule has 0 fully saturated rings. The maximum atomic E-state index is 5.75. The van der Waals surface area contributed by atoms with Crippen molar-refractivity contribution in [3.05, 3.63) is 0 Å². The summed E-state index contributed by atoms with van der Waals surface area (Å²) in [5.41, 5.74) is 6.11. The lowest BCUT2D eigenvalue weighted by Crippen LogP contribution is -2.12. The fraction of sp³-hybridized carbons (Fsp3) is 0.700. The van der Waals surface area contributed by atoms with Crippen molar-refractivity contribution in [2.75, 3.05) is 23.9 Å². The summed E-state index contributed by atoms with van der Waals surface area (Å²) >= 11 is 3.09. The molecule has 0 saturated carbocycles. The molecular weight excluding hydrogens is 226 g/mol. The number of nitrogens with zero attached hydrogens (tertiary/aromatic N) is 1. The second-order valence-electron chi connectivity index (χ2n) is 4.67. The van der Waals surface area contributed by atoms with E-state index in [1.807, 2.05) is 6.26 Å². The normalized spacial score (nSPS) is 11.7. The topological polar surface area (TPSA) is 50.9 Å². The van der Waals surface area contributed by atoms with E-state index in [9.17, 15) is 0 Å². The van der Waals surface area contributed by atoms with Crippen LogP contribution in [-0.2, 0) is 0 Å². The number of aromatic nitrogens is 1. The highest BCUT2D eigenvalue weighted by Gasteiger charge is 2.12. The summed E-state index contributed by atoms with van der Waals surface area (Å²) in [5, 5.41) is 4.50. The van der Waals surface area contributed by atoms with Crippen LogP contribution in [0.3, 0.4) is 0 Å². The first-order valence-electron chi connectivity index (χ1n) is 4.97. The monoisotopic (exact) mass is 245 g/mol. The van der Waals surface area contributed by atoms with Gasteiger partial charge in [0.2, 0.25) is 0 Å². The summed E-state index contributed by atoms with van der Waals surface area (Å²) in [6, 6.07) is 0. The third-order valence-electron chi connectivity index (χ3n) is 2.04. The molecule has 1 aromatic heterocycles. The molecular formula is C10H19N3S2. The second kappa shape index (κ2) is 5.07. The average Bonchev–Trinajstić information content (AvgIpc) is 2.44. The van der Waals surface area contributed by atoms with E-state index in [0.717, 1.165) is 22.9 Å². The first kappa shape index (κ1) is 12.6. The van der Waals surface area contributed by atoms with E-state index in [1.54, 1.807) is 11.8 Å². The average molecular weight is 245 g/mol. The standard InChI is InChI=1S/C10H19N3S2/c1-10(2,3)5-6-12-9-7(14-4)8(11)13-15-9/h12H,5-6H2,1-4H3,(H2,11,13). The molecule has 5 heteroatoms. The third kappa shape index (κ3) is 3.91. The number of hydrogen-bond donors (Lipinski definition) is 2. The molecule has 0 unspecified atom stereocenters. The van der Waals surface area contributed by atoms with Crippen molar-refractivity contribution in [1.82, 2.24) is 4.37 Å². The molecule has 0 aliphatic carbocycles. The number of hydrogen-bond acceptors (Lipinski definition) is 5. The van der Waals surface area contributed by atoms with Crippen molar-refractivity contribution in [2.24, 2.45) is 5.41 Å². The van der Waals surface area contributed by atoms with E-state index in [4.69, 9.17) is 5.73 Å². The molecule has 15 heavy (non-hydrogen) atoms. The molecule has 0 amide bonds. The van der Waals surface area contributed by atoms with Gasteiger partial charge in [-0.05, 0) is 29.6 Å². The third-order valence-corrected chi connectivity index (χ3v) is 3.81. The smallest absolute Gasteiger partial charge is 0.153 e. The summed E-state index contributed by atoms with van der Waals surface area (Å²) in [7, 11) is 0. The SMILES string of the molecule is CSc1c(N)nsc1NCCC(C)(C)C. The highest BCUT2D eigenvalue weighted by Crippen LogP contribution is 2.34. The van der Waals surface area contributed by atoms with Crippen molar-refractivity contribution >= 4 is 34.1 Å². The van der Waals surface area contributed by atoms with Crippen LogP contribution in [0, 0.1) is 5.41 Å². The predicted molar refractivity (Wildman–Crippen MR) is 70.9 cm³/mol. The Bertz CT molecular complexity index is 315. The summed E-state index contributed by atoms with van der Waals surface area (Å²) in [4.78, 5) is 1.08. The van der Waals surface area contributed by atoms with Crippen molar-refractivity contribution in [1.29, 1.82) is 0 Å². The zero-order chi connectivity index (χ0) is 11.5. The summed E-state index contributed by atoms with van der Waals surface area (Å²) in [6.07, 6.45) is 3.16. The van der Waals surface area contributed by atoms with Crippen LogP contribution in [0.5, 0.6) is 0 Å². The van der Waals surface area contributed by atoms with Crippen LogP contribution in [0.15, 0.2) is 4.90 Å².